The number of carbonyl (C=O) groups is 1. The summed E-state index contributed by atoms with van der Waals surface area (Å²) in [5.41, 5.74) is 0.936. The Morgan fingerprint density at radius 3 is 2.92 bits per heavy atom. The van der Waals surface area contributed by atoms with Crippen molar-refractivity contribution in [3.63, 3.8) is 0 Å². The lowest BCUT2D eigenvalue weighted by molar-refractivity contribution is -0.141. The molecule has 5 nitrogen and oxygen atoms in total. The quantitative estimate of drug-likeness (QED) is 0.643. The number of carbonyl (C=O) groups excluding carboxylic acids is 1. The topological polar surface area (TPSA) is 57.0 Å². The molecule has 0 aliphatic carbocycles. The summed E-state index contributed by atoms with van der Waals surface area (Å²) in [7, 11) is 1.36. The van der Waals surface area contributed by atoms with Crippen molar-refractivity contribution in [1.82, 2.24) is 15.0 Å². The number of ether oxygens (including phenoxy) is 1. The van der Waals surface area contributed by atoms with E-state index < -0.39 is 0 Å². The molecule has 0 saturated carbocycles. The van der Waals surface area contributed by atoms with Crippen LogP contribution in [0.15, 0.2) is 6.20 Å². The van der Waals surface area contributed by atoms with Crippen LogP contribution in [-0.2, 0) is 16.1 Å². The first kappa shape index (κ1) is 9.70. The first-order valence-corrected chi connectivity index (χ1v) is 4.10. The monoisotopic (exact) mass is 183 g/mol. The number of hydrogen-bond acceptors (Lipinski definition) is 4. The Labute approximate surface area is 76.7 Å². The molecule has 0 unspecified atom stereocenters. The Hall–Kier alpha value is -1.39. The van der Waals surface area contributed by atoms with Gasteiger partial charge in [0.05, 0.1) is 19.0 Å². The van der Waals surface area contributed by atoms with Gasteiger partial charge in [0.2, 0.25) is 0 Å². The molecule has 0 fully saturated rings. The summed E-state index contributed by atoms with van der Waals surface area (Å²) >= 11 is 0. The molecule has 1 aromatic rings. The van der Waals surface area contributed by atoms with Crippen molar-refractivity contribution in [3.05, 3.63) is 11.9 Å². The van der Waals surface area contributed by atoms with Crippen molar-refractivity contribution in [2.75, 3.05) is 7.11 Å². The zero-order valence-corrected chi connectivity index (χ0v) is 8.02. The molecule has 5 heteroatoms. The molecule has 0 N–H and O–H groups in total. The molecule has 1 rings (SSSR count). The maximum absolute atomic E-state index is 10.9. The van der Waals surface area contributed by atoms with Crippen molar-refractivity contribution in [2.45, 2.75) is 26.3 Å². The average molecular weight is 183 g/mol. The van der Waals surface area contributed by atoms with Crippen LogP contribution in [0.25, 0.3) is 0 Å². The standard InChI is InChI=1S/C8H13N3O2/c1-6(2)7-4-9-10-11(7)5-8(12)13-3/h4,6H,5H2,1-3H3. The number of hydrogen-bond donors (Lipinski definition) is 0. The molecule has 0 aliphatic heterocycles. The Kier molecular flexibility index (Phi) is 3.00. The molecule has 0 amide bonds. The molecule has 0 spiro atoms. The molecule has 72 valence electrons. The second-order valence-corrected chi connectivity index (χ2v) is 3.05. The lowest BCUT2D eigenvalue weighted by Gasteiger charge is -2.06. The van der Waals surface area contributed by atoms with Crippen LogP contribution in [-0.4, -0.2) is 28.1 Å². The zero-order chi connectivity index (χ0) is 9.84. The van der Waals surface area contributed by atoms with Gasteiger partial charge >= 0.3 is 5.97 Å². The van der Waals surface area contributed by atoms with E-state index in [4.69, 9.17) is 0 Å². The Balaban J connectivity index is 2.76. The fraction of sp³-hybridized carbons (Fsp3) is 0.625. The van der Waals surface area contributed by atoms with E-state index >= 15 is 0 Å². The summed E-state index contributed by atoms with van der Waals surface area (Å²) in [5, 5.41) is 7.53. The third-order valence-electron chi connectivity index (χ3n) is 1.75. The van der Waals surface area contributed by atoms with E-state index in [1.165, 1.54) is 7.11 Å². The van der Waals surface area contributed by atoms with Gasteiger partial charge in [-0.3, -0.25) is 4.79 Å². The van der Waals surface area contributed by atoms with Crippen LogP contribution in [0.3, 0.4) is 0 Å². The van der Waals surface area contributed by atoms with E-state index in [9.17, 15) is 4.79 Å². The minimum absolute atomic E-state index is 0.129. The minimum atomic E-state index is -0.313. The molecule has 0 bridgehead atoms. The molecule has 0 saturated heterocycles. The predicted octanol–water partition coefficient (Wildman–Crippen LogP) is 0.574. The highest BCUT2D eigenvalue weighted by atomic mass is 16.5. The van der Waals surface area contributed by atoms with Gasteiger partial charge in [0, 0.05) is 0 Å². The van der Waals surface area contributed by atoms with Crippen LogP contribution in [0.5, 0.6) is 0 Å². The molecule has 13 heavy (non-hydrogen) atoms. The van der Waals surface area contributed by atoms with Crippen LogP contribution in [0.4, 0.5) is 0 Å². The van der Waals surface area contributed by atoms with E-state index in [0.29, 0.717) is 5.92 Å². The second-order valence-electron chi connectivity index (χ2n) is 3.05. The number of esters is 1. The van der Waals surface area contributed by atoms with Crippen molar-refractivity contribution < 1.29 is 9.53 Å². The highest BCUT2D eigenvalue weighted by Gasteiger charge is 2.10. The van der Waals surface area contributed by atoms with Gasteiger partial charge in [0.25, 0.3) is 0 Å². The van der Waals surface area contributed by atoms with Gasteiger partial charge in [-0.05, 0) is 5.92 Å². The molecule has 0 aliphatic rings. The van der Waals surface area contributed by atoms with Gasteiger partial charge in [-0.25, -0.2) is 4.68 Å². The lowest BCUT2D eigenvalue weighted by atomic mass is 10.1. The SMILES string of the molecule is COC(=O)Cn1nncc1C(C)C. The summed E-state index contributed by atoms with van der Waals surface area (Å²) in [4.78, 5) is 10.9. The van der Waals surface area contributed by atoms with E-state index in [1.54, 1.807) is 10.9 Å². The average Bonchev–Trinajstić information content (AvgIpc) is 2.52. The van der Waals surface area contributed by atoms with Crippen molar-refractivity contribution in [2.24, 2.45) is 0 Å². The van der Waals surface area contributed by atoms with Crippen LogP contribution >= 0.6 is 0 Å². The second kappa shape index (κ2) is 4.02. The van der Waals surface area contributed by atoms with E-state index in [2.05, 4.69) is 15.0 Å². The Morgan fingerprint density at radius 2 is 2.38 bits per heavy atom. The molecule has 1 aromatic heterocycles. The van der Waals surface area contributed by atoms with Crippen LogP contribution in [0.1, 0.15) is 25.5 Å². The zero-order valence-electron chi connectivity index (χ0n) is 8.02. The molecule has 0 radical (unpaired) electrons. The summed E-state index contributed by atoms with van der Waals surface area (Å²) < 4.78 is 6.08. The number of aromatic nitrogens is 3. The summed E-state index contributed by atoms with van der Waals surface area (Å²) in [6, 6.07) is 0. The van der Waals surface area contributed by atoms with Gasteiger partial charge in [-0.2, -0.15) is 0 Å². The van der Waals surface area contributed by atoms with Crippen molar-refractivity contribution >= 4 is 5.97 Å². The lowest BCUT2D eigenvalue weighted by Crippen LogP contribution is -2.15. The molecular weight excluding hydrogens is 170 g/mol. The van der Waals surface area contributed by atoms with Gasteiger partial charge in [0.15, 0.2) is 0 Å². The summed E-state index contributed by atoms with van der Waals surface area (Å²) in [6.45, 7) is 4.17. The number of methoxy groups -OCH3 is 1. The third kappa shape index (κ3) is 2.27. The van der Waals surface area contributed by atoms with Crippen LogP contribution in [0.2, 0.25) is 0 Å². The normalized spacial score (nSPS) is 10.5. The maximum atomic E-state index is 10.9. The van der Waals surface area contributed by atoms with Gasteiger partial charge in [-0.1, -0.05) is 19.1 Å². The first-order chi connectivity index (χ1) is 6.15. The summed E-state index contributed by atoms with van der Waals surface area (Å²) in [5.74, 6) is -0.00736. The molecule has 0 atom stereocenters. The smallest absolute Gasteiger partial charge is 0.327 e. The fourth-order valence-corrected chi connectivity index (χ4v) is 1.02. The van der Waals surface area contributed by atoms with E-state index in [1.807, 2.05) is 13.8 Å². The van der Waals surface area contributed by atoms with Gasteiger partial charge < -0.3 is 4.74 Å². The summed E-state index contributed by atoms with van der Waals surface area (Å²) in [6.07, 6.45) is 1.66. The molecular formula is C8H13N3O2. The van der Waals surface area contributed by atoms with E-state index in [-0.39, 0.29) is 12.5 Å². The fourth-order valence-electron chi connectivity index (χ4n) is 1.02. The van der Waals surface area contributed by atoms with Crippen LogP contribution in [0, 0.1) is 0 Å². The minimum Gasteiger partial charge on any atom is -0.468 e. The highest BCUT2D eigenvalue weighted by Crippen LogP contribution is 2.11. The van der Waals surface area contributed by atoms with Crippen molar-refractivity contribution in [1.29, 1.82) is 0 Å². The third-order valence-corrected chi connectivity index (χ3v) is 1.75. The van der Waals surface area contributed by atoms with Gasteiger partial charge in [0.1, 0.15) is 6.54 Å². The largest absolute Gasteiger partial charge is 0.468 e. The number of rotatable bonds is 3. The maximum Gasteiger partial charge on any atom is 0.327 e. The van der Waals surface area contributed by atoms with Crippen LogP contribution < -0.4 is 0 Å². The first-order valence-electron chi connectivity index (χ1n) is 4.10. The highest BCUT2D eigenvalue weighted by molar-refractivity contribution is 5.68. The molecule has 0 aromatic carbocycles. The molecule has 1 heterocycles. The Morgan fingerprint density at radius 1 is 1.69 bits per heavy atom. The van der Waals surface area contributed by atoms with E-state index in [0.717, 1.165) is 5.69 Å². The Bertz CT molecular complexity index is 293. The van der Waals surface area contributed by atoms with Gasteiger partial charge in [-0.15, -0.1) is 5.10 Å². The predicted molar refractivity (Wildman–Crippen MR) is 46.1 cm³/mol. The number of nitrogens with zero attached hydrogens (tertiary/aromatic N) is 3. The van der Waals surface area contributed by atoms with Crippen molar-refractivity contribution in [3.8, 4) is 0 Å².